The van der Waals surface area contributed by atoms with Crippen LogP contribution < -0.4 is 10.6 Å². The van der Waals surface area contributed by atoms with Gasteiger partial charge in [0.05, 0.1) is 5.60 Å². The molecule has 1 aromatic rings. The molecule has 2 rings (SSSR count). The second-order valence-corrected chi connectivity index (χ2v) is 5.52. The lowest BCUT2D eigenvalue weighted by atomic mass is 10.0. The van der Waals surface area contributed by atoms with Crippen molar-refractivity contribution in [2.24, 2.45) is 0 Å². The van der Waals surface area contributed by atoms with E-state index in [4.69, 9.17) is 5.73 Å². The van der Waals surface area contributed by atoms with E-state index in [-0.39, 0.29) is 0 Å². The summed E-state index contributed by atoms with van der Waals surface area (Å²) in [5.41, 5.74) is 5.07. The van der Waals surface area contributed by atoms with Gasteiger partial charge in [-0.15, -0.1) is 0 Å². The summed E-state index contributed by atoms with van der Waals surface area (Å²) in [7, 11) is 1.87. The first-order valence-corrected chi connectivity index (χ1v) is 6.51. The molecule has 0 spiro atoms. The van der Waals surface area contributed by atoms with Crippen LogP contribution in [0.4, 0.5) is 11.8 Å². The third-order valence-electron chi connectivity index (χ3n) is 3.11. The molecule has 17 heavy (non-hydrogen) atoms. The largest absolute Gasteiger partial charge is 0.388 e. The fourth-order valence-corrected chi connectivity index (χ4v) is 2.69. The molecular weight excluding hydrogens is 284 g/mol. The average Bonchev–Trinajstić information content (AvgIpc) is 2.63. The highest BCUT2D eigenvalue weighted by atomic mass is 79.9. The highest BCUT2D eigenvalue weighted by molar-refractivity contribution is 9.10. The van der Waals surface area contributed by atoms with E-state index in [0.717, 1.165) is 25.7 Å². The minimum Gasteiger partial charge on any atom is -0.388 e. The Morgan fingerprint density at radius 1 is 1.47 bits per heavy atom. The Kier molecular flexibility index (Phi) is 3.53. The summed E-state index contributed by atoms with van der Waals surface area (Å²) in [6, 6.07) is 1.65. The molecule has 6 heteroatoms. The number of nitrogens with two attached hydrogens (primary N) is 1. The molecule has 0 amide bonds. The number of likely N-dealkylation sites (N-methyl/N-ethyl adjacent to an activating group) is 1. The molecule has 0 unspecified atom stereocenters. The zero-order valence-electron chi connectivity index (χ0n) is 9.86. The van der Waals surface area contributed by atoms with Crippen LogP contribution in [0.15, 0.2) is 10.7 Å². The fourth-order valence-electron chi connectivity index (χ4n) is 2.30. The molecule has 0 saturated heterocycles. The number of halogens is 1. The molecule has 0 radical (unpaired) electrons. The Balaban J connectivity index is 2.11. The smallest absolute Gasteiger partial charge is 0.228 e. The molecule has 1 fully saturated rings. The predicted molar refractivity (Wildman–Crippen MR) is 70.8 cm³/mol. The first-order valence-electron chi connectivity index (χ1n) is 5.72. The Labute approximate surface area is 109 Å². The molecule has 94 valence electrons. The van der Waals surface area contributed by atoms with Gasteiger partial charge in [0.2, 0.25) is 5.95 Å². The monoisotopic (exact) mass is 300 g/mol. The summed E-state index contributed by atoms with van der Waals surface area (Å²) >= 11 is 3.29. The molecule has 0 aliphatic heterocycles. The number of hydrogen-bond acceptors (Lipinski definition) is 5. The lowest BCUT2D eigenvalue weighted by Crippen LogP contribution is -2.40. The number of aromatic nitrogens is 2. The van der Waals surface area contributed by atoms with E-state index in [2.05, 4.69) is 25.9 Å². The van der Waals surface area contributed by atoms with Crippen molar-refractivity contribution in [3.05, 3.63) is 10.7 Å². The van der Waals surface area contributed by atoms with E-state index in [9.17, 15) is 5.11 Å². The third kappa shape index (κ3) is 3.07. The van der Waals surface area contributed by atoms with Gasteiger partial charge >= 0.3 is 0 Å². The Hall–Kier alpha value is -0.880. The van der Waals surface area contributed by atoms with Gasteiger partial charge in [0.25, 0.3) is 0 Å². The van der Waals surface area contributed by atoms with Crippen LogP contribution in [0.1, 0.15) is 25.7 Å². The Morgan fingerprint density at radius 3 is 2.71 bits per heavy atom. The first-order chi connectivity index (χ1) is 7.98. The summed E-state index contributed by atoms with van der Waals surface area (Å²) in [5.74, 6) is 0.962. The van der Waals surface area contributed by atoms with Crippen LogP contribution in [0.5, 0.6) is 0 Å². The van der Waals surface area contributed by atoms with Gasteiger partial charge in [0.15, 0.2) is 0 Å². The number of aliphatic hydroxyl groups is 1. The Morgan fingerprint density at radius 2 is 2.12 bits per heavy atom. The van der Waals surface area contributed by atoms with Gasteiger partial charge in [-0.25, -0.2) is 4.98 Å². The van der Waals surface area contributed by atoms with Crippen molar-refractivity contribution in [1.82, 2.24) is 9.97 Å². The number of hydrogen-bond donors (Lipinski definition) is 2. The zero-order valence-corrected chi connectivity index (χ0v) is 11.4. The quantitative estimate of drug-likeness (QED) is 0.829. The summed E-state index contributed by atoms with van der Waals surface area (Å²) < 4.78 is 0.658. The summed E-state index contributed by atoms with van der Waals surface area (Å²) in [4.78, 5) is 10.3. The van der Waals surface area contributed by atoms with Crippen molar-refractivity contribution >= 4 is 27.7 Å². The standard InChI is InChI=1S/C11H17BrN4O/c1-16(7-11(17)4-2-3-5-11)10-14-8(12)6-9(13)15-10/h6,17H,2-5,7H2,1H3,(H2,13,14,15). The number of nitrogens with zero attached hydrogens (tertiary/aromatic N) is 3. The van der Waals surface area contributed by atoms with Gasteiger partial charge in [0, 0.05) is 19.7 Å². The van der Waals surface area contributed by atoms with Crippen LogP contribution in [0.3, 0.4) is 0 Å². The normalized spacial score (nSPS) is 18.3. The third-order valence-corrected chi connectivity index (χ3v) is 3.52. The van der Waals surface area contributed by atoms with Gasteiger partial charge < -0.3 is 15.7 Å². The summed E-state index contributed by atoms with van der Waals surface area (Å²) in [5, 5.41) is 10.3. The average molecular weight is 301 g/mol. The van der Waals surface area contributed by atoms with E-state index in [0.29, 0.717) is 22.9 Å². The molecule has 1 aromatic heterocycles. The zero-order chi connectivity index (χ0) is 12.5. The number of rotatable bonds is 3. The van der Waals surface area contributed by atoms with Crippen molar-refractivity contribution in [1.29, 1.82) is 0 Å². The molecule has 1 aliphatic rings. The second-order valence-electron chi connectivity index (χ2n) is 4.70. The van der Waals surface area contributed by atoms with E-state index >= 15 is 0 Å². The molecule has 0 aromatic carbocycles. The molecule has 1 saturated carbocycles. The van der Waals surface area contributed by atoms with E-state index in [1.54, 1.807) is 6.07 Å². The summed E-state index contributed by atoms with van der Waals surface area (Å²) in [6.45, 7) is 0.545. The highest BCUT2D eigenvalue weighted by Crippen LogP contribution is 2.30. The topological polar surface area (TPSA) is 75.3 Å². The first kappa shape index (κ1) is 12.6. The van der Waals surface area contributed by atoms with E-state index in [1.807, 2.05) is 11.9 Å². The lowest BCUT2D eigenvalue weighted by molar-refractivity contribution is 0.0556. The molecule has 0 bridgehead atoms. The highest BCUT2D eigenvalue weighted by Gasteiger charge is 2.32. The maximum atomic E-state index is 10.3. The van der Waals surface area contributed by atoms with Crippen molar-refractivity contribution < 1.29 is 5.11 Å². The van der Waals surface area contributed by atoms with Crippen molar-refractivity contribution in [2.75, 3.05) is 24.2 Å². The maximum Gasteiger partial charge on any atom is 0.228 e. The van der Waals surface area contributed by atoms with Crippen LogP contribution in [0.2, 0.25) is 0 Å². The molecule has 3 N–H and O–H groups in total. The molecule has 0 atom stereocenters. The van der Waals surface area contributed by atoms with E-state index in [1.165, 1.54) is 0 Å². The van der Waals surface area contributed by atoms with Crippen LogP contribution in [0, 0.1) is 0 Å². The van der Waals surface area contributed by atoms with Crippen LogP contribution in [-0.4, -0.2) is 34.3 Å². The predicted octanol–water partition coefficient (Wildman–Crippen LogP) is 1.56. The summed E-state index contributed by atoms with van der Waals surface area (Å²) in [6.07, 6.45) is 3.87. The number of anilines is 2. The molecule has 1 aliphatic carbocycles. The number of nitrogen functional groups attached to an aromatic ring is 1. The van der Waals surface area contributed by atoms with Crippen molar-refractivity contribution in [3.63, 3.8) is 0 Å². The van der Waals surface area contributed by atoms with Gasteiger partial charge in [-0.2, -0.15) is 4.98 Å². The van der Waals surface area contributed by atoms with Crippen molar-refractivity contribution in [2.45, 2.75) is 31.3 Å². The Bertz CT molecular complexity index is 386. The van der Waals surface area contributed by atoms with Gasteiger partial charge in [-0.3, -0.25) is 0 Å². The minimum absolute atomic E-state index is 0.423. The minimum atomic E-state index is -0.602. The van der Waals surface area contributed by atoms with Gasteiger partial charge in [-0.05, 0) is 28.8 Å². The van der Waals surface area contributed by atoms with Crippen LogP contribution in [0.25, 0.3) is 0 Å². The SMILES string of the molecule is CN(CC1(O)CCCC1)c1nc(N)cc(Br)n1. The van der Waals surface area contributed by atoms with E-state index < -0.39 is 5.60 Å². The lowest BCUT2D eigenvalue weighted by Gasteiger charge is -2.28. The molecule has 1 heterocycles. The molecule has 5 nitrogen and oxygen atoms in total. The maximum absolute atomic E-state index is 10.3. The van der Waals surface area contributed by atoms with Crippen LogP contribution >= 0.6 is 15.9 Å². The van der Waals surface area contributed by atoms with Crippen LogP contribution in [-0.2, 0) is 0 Å². The van der Waals surface area contributed by atoms with Gasteiger partial charge in [0.1, 0.15) is 10.4 Å². The molecular formula is C11H17BrN4O. The van der Waals surface area contributed by atoms with Crippen molar-refractivity contribution in [3.8, 4) is 0 Å². The second kappa shape index (κ2) is 4.78. The van der Waals surface area contributed by atoms with Gasteiger partial charge in [-0.1, -0.05) is 12.8 Å². The fraction of sp³-hybridized carbons (Fsp3) is 0.636.